The maximum Gasteiger partial charge on any atom is 0.222 e. The number of carbonyl (C=O) groups excluding carboxylic acids is 1. The van der Waals surface area contributed by atoms with E-state index in [1.807, 2.05) is 42.3 Å². The minimum atomic E-state index is -0.219. The molecule has 1 amide bonds. The van der Waals surface area contributed by atoms with E-state index in [-0.39, 0.29) is 17.3 Å². The molecular formula is C21H25FN2O. The lowest BCUT2D eigenvalue weighted by atomic mass is 9.81. The predicted octanol–water partition coefficient (Wildman–Crippen LogP) is 3.50. The third-order valence-corrected chi connectivity index (χ3v) is 5.32. The molecule has 2 aromatic rings. The number of benzene rings is 2. The highest BCUT2D eigenvalue weighted by Crippen LogP contribution is 2.33. The lowest BCUT2D eigenvalue weighted by Crippen LogP contribution is -2.51. The number of rotatable bonds is 5. The standard InChI is InChI=1S/C21H25FN2O/c1-23-21(18-8-10-19(22)11-9-18)13-15-24(16-14-21)20(25)12-7-17-5-3-2-4-6-17/h2-6,8-11,23H,7,12-16H2,1H3. The summed E-state index contributed by atoms with van der Waals surface area (Å²) in [5.74, 6) is -0.00353. The second-order valence-electron chi connectivity index (χ2n) is 6.71. The van der Waals surface area contributed by atoms with Crippen LogP contribution in [0.3, 0.4) is 0 Å². The van der Waals surface area contributed by atoms with E-state index < -0.39 is 0 Å². The van der Waals surface area contributed by atoms with Crippen molar-refractivity contribution in [2.75, 3.05) is 20.1 Å². The summed E-state index contributed by atoms with van der Waals surface area (Å²) in [5, 5.41) is 3.41. The van der Waals surface area contributed by atoms with E-state index in [1.54, 1.807) is 0 Å². The maximum atomic E-state index is 13.2. The molecule has 2 aromatic carbocycles. The third-order valence-electron chi connectivity index (χ3n) is 5.32. The molecule has 1 aliphatic rings. The monoisotopic (exact) mass is 340 g/mol. The Bertz CT molecular complexity index is 692. The topological polar surface area (TPSA) is 32.3 Å². The van der Waals surface area contributed by atoms with Crippen LogP contribution in [0.15, 0.2) is 54.6 Å². The van der Waals surface area contributed by atoms with Gasteiger partial charge in [0.05, 0.1) is 0 Å². The number of amides is 1. The van der Waals surface area contributed by atoms with Gasteiger partial charge in [0.1, 0.15) is 5.82 Å². The van der Waals surface area contributed by atoms with Gasteiger partial charge in [-0.15, -0.1) is 0 Å². The molecular weight excluding hydrogens is 315 g/mol. The van der Waals surface area contributed by atoms with E-state index in [1.165, 1.54) is 17.7 Å². The summed E-state index contributed by atoms with van der Waals surface area (Å²) in [4.78, 5) is 14.5. The van der Waals surface area contributed by atoms with Crippen molar-refractivity contribution in [2.45, 2.75) is 31.2 Å². The lowest BCUT2D eigenvalue weighted by molar-refractivity contribution is -0.133. The first-order valence-electron chi connectivity index (χ1n) is 8.90. The second kappa shape index (κ2) is 7.79. The average molecular weight is 340 g/mol. The first-order valence-corrected chi connectivity index (χ1v) is 8.90. The molecule has 0 spiro atoms. The van der Waals surface area contributed by atoms with Crippen LogP contribution in [0.25, 0.3) is 0 Å². The largest absolute Gasteiger partial charge is 0.343 e. The molecule has 3 nitrogen and oxygen atoms in total. The van der Waals surface area contributed by atoms with E-state index in [4.69, 9.17) is 0 Å². The molecule has 0 unspecified atom stereocenters. The van der Waals surface area contributed by atoms with Gasteiger partial charge < -0.3 is 10.2 Å². The fourth-order valence-corrected chi connectivity index (χ4v) is 3.64. The molecule has 0 aromatic heterocycles. The molecule has 1 saturated heterocycles. The van der Waals surface area contributed by atoms with Gasteiger partial charge >= 0.3 is 0 Å². The summed E-state index contributed by atoms with van der Waals surface area (Å²) in [6, 6.07) is 16.8. The van der Waals surface area contributed by atoms with Gasteiger partial charge in [0.15, 0.2) is 0 Å². The van der Waals surface area contributed by atoms with Gasteiger partial charge in [-0.3, -0.25) is 4.79 Å². The van der Waals surface area contributed by atoms with Crippen LogP contribution in [-0.4, -0.2) is 30.9 Å². The molecule has 1 fully saturated rings. The number of hydrogen-bond acceptors (Lipinski definition) is 2. The Morgan fingerprint density at radius 1 is 1.08 bits per heavy atom. The first-order chi connectivity index (χ1) is 12.1. The number of piperidine rings is 1. The Morgan fingerprint density at radius 2 is 1.72 bits per heavy atom. The second-order valence-corrected chi connectivity index (χ2v) is 6.71. The van der Waals surface area contributed by atoms with Crippen LogP contribution in [0.2, 0.25) is 0 Å². The minimum absolute atomic E-state index is 0.177. The number of hydrogen-bond donors (Lipinski definition) is 1. The van der Waals surface area contributed by atoms with Crippen LogP contribution in [-0.2, 0) is 16.8 Å². The number of nitrogens with one attached hydrogen (secondary N) is 1. The smallest absolute Gasteiger partial charge is 0.222 e. The summed E-state index contributed by atoms with van der Waals surface area (Å²) in [5.41, 5.74) is 2.11. The van der Waals surface area contributed by atoms with Gasteiger partial charge in [-0.25, -0.2) is 4.39 Å². The molecule has 0 radical (unpaired) electrons. The van der Waals surface area contributed by atoms with Crippen molar-refractivity contribution in [3.8, 4) is 0 Å². The number of halogens is 1. The van der Waals surface area contributed by atoms with E-state index in [2.05, 4.69) is 17.4 Å². The van der Waals surface area contributed by atoms with Gasteiger partial charge in [0, 0.05) is 25.0 Å². The van der Waals surface area contributed by atoms with Crippen molar-refractivity contribution in [2.24, 2.45) is 0 Å². The van der Waals surface area contributed by atoms with Crippen LogP contribution in [0.5, 0.6) is 0 Å². The van der Waals surface area contributed by atoms with Crippen molar-refractivity contribution in [1.82, 2.24) is 10.2 Å². The Balaban J connectivity index is 1.58. The van der Waals surface area contributed by atoms with Crippen LogP contribution in [0.1, 0.15) is 30.4 Å². The highest BCUT2D eigenvalue weighted by atomic mass is 19.1. The van der Waals surface area contributed by atoms with Crippen LogP contribution >= 0.6 is 0 Å². The van der Waals surface area contributed by atoms with Crippen molar-refractivity contribution in [3.05, 3.63) is 71.5 Å². The minimum Gasteiger partial charge on any atom is -0.343 e. The summed E-state index contributed by atoms with van der Waals surface area (Å²) in [6.07, 6.45) is 3.01. The Labute approximate surface area is 148 Å². The molecule has 1 N–H and O–H groups in total. The molecule has 1 heterocycles. The lowest BCUT2D eigenvalue weighted by Gasteiger charge is -2.42. The van der Waals surface area contributed by atoms with Gasteiger partial charge in [0.2, 0.25) is 5.91 Å². The fraction of sp³-hybridized carbons (Fsp3) is 0.381. The van der Waals surface area contributed by atoms with Crippen molar-refractivity contribution in [1.29, 1.82) is 0 Å². The van der Waals surface area contributed by atoms with Crippen LogP contribution in [0.4, 0.5) is 4.39 Å². The Kier molecular flexibility index (Phi) is 5.49. The van der Waals surface area contributed by atoms with E-state index in [9.17, 15) is 9.18 Å². The van der Waals surface area contributed by atoms with Gasteiger partial charge in [-0.2, -0.15) is 0 Å². The number of likely N-dealkylation sites (tertiary alicyclic amines) is 1. The summed E-state index contributed by atoms with van der Waals surface area (Å²) in [7, 11) is 1.94. The van der Waals surface area contributed by atoms with Gasteiger partial charge in [-0.05, 0) is 49.6 Å². The number of nitrogens with zero attached hydrogens (tertiary/aromatic N) is 1. The van der Waals surface area contributed by atoms with E-state index >= 15 is 0 Å². The molecule has 25 heavy (non-hydrogen) atoms. The van der Waals surface area contributed by atoms with Crippen LogP contribution < -0.4 is 5.32 Å². The maximum absolute atomic E-state index is 13.2. The highest BCUT2D eigenvalue weighted by molar-refractivity contribution is 5.76. The van der Waals surface area contributed by atoms with Crippen molar-refractivity contribution in [3.63, 3.8) is 0 Å². The predicted molar refractivity (Wildman–Crippen MR) is 97.7 cm³/mol. The SMILES string of the molecule is CNC1(c2ccc(F)cc2)CCN(C(=O)CCc2ccccc2)CC1. The Morgan fingerprint density at radius 3 is 2.32 bits per heavy atom. The van der Waals surface area contributed by atoms with E-state index in [0.29, 0.717) is 6.42 Å². The zero-order valence-corrected chi connectivity index (χ0v) is 14.7. The van der Waals surface area contributed by atoms with Crippen molar-refractivity contribution >= 4 is 5.91 Å². The summed E-state index contributed by atoms with van der Waals surface area (Å²) < 4.78 is 13.2. The molecule has 3 rings (SSSR count). The number of aryl methyl sites for hydroxylation is 1. The van der Waals surface area contributed by atoms with Crippen molar-refractivity contribution < 1.29 is 9.18 Å². The molecule has 4 heteroatoms. The third kappa shape index (κ3) is 4.07. The first kappa shape index (κ1) is 17.6. The quantitative estimate of drug-likeness (QED) is 0.903. The van der Waals surface area contributed by atoms with Gasteiger partial charge in [-0.1, -0.05) is 42.5 Å². The van der Waals surface area contributed by atoms with E-state index in [0.717, 1.165) is 37.9 Å². The fourth-order valence-electron chi connectivity index (χ4n) is 3.64. The molecule has 1 aliphatic heterocycles. The Hall–Kier alpha value is -2.20. The zero-order valence-electron chi connectivity index (χ0n) is 14.7. The molecule has 132 valence electrons. The summed E-state index contributed by atoms with van der Waals surface area (Å²) in [6.45, 7) is 1.46. The summed E-state index contributed by atoms with van der Waals surface area (Å²) >= 11 is 0. The normalized spacial score (nSPS) is 16.6. The molecule has 0 bridgehead atoms. The average Bonchev–Trinajstić information content (AvgIpc) is 2.67. The highest BCUT2D eigenvalue weighted by Gasteiger charge is 2.35. The zero-order chi connectivity index (χ0) is 17.7. The van der Waals surface area contributed by atoms with Crippen LogP contribution in [0, 0.1) is 5.82 Å². The molecule has 0 atom stereocenters. The molecule has 0 aliphatic carbocycles. The number of carbonyl (C=O) groups is 1. The van der Waals surface area contributed by atoms with Gasteiger partial charge in [0.25, 0.3) is 0 Å². The molecule has 0 saturated carbocycles.